The topological polar surface area (TPSA) is 72.2 Å². The van der Waals surface area contributed by atoms with Gasteiger partial charge in [0.05, 0.1) is 6.54 Å². The summed E-state index contributed by atoms with van der Waals surface area (Å²) in [5.41, 5.74) is 0. The third kappa shape index (κ3) is 3.97. The summed E-state index contributed by atoms with van der Waals surface area (Å²) in [5, 5.41) is -0.0490. The first kappa shape index (κ1) is 17.8. The van der Waals surface area contributed by atoms with Crippen molar-refractivity contribution in [2.75, 3.05) is 34.3 Å². The van der Waals surface area contributed by atoms with Gasteiger partial charge in [-0.1, -0.05) is 12.1 Å². The average Bonchev–Trinajstić information content (AvgIpc) is 3.03. The van der Waals surface area contributed by atoms with Gasteiger partial charge in [-0.15, -0.1) is 0 Å². The SMILES string of the molecule is CN(Cc1ccc(S(=O)(=O)N(C)C)o1)CC1COc2ccccc2O1. The zero-order chi connectivity index (χ0) is 18.0. The molecular formula is C17H22N2O5S. The van der Waals surface area contributed by atoms with E-state index in [2.05, 4.69) is 0 Å². The summed E-state index contributed by atoms with van der Waals surface area (Å²) in [5.74, 6) is 2.08. The molecule has 8 heteroatoms. The third-order valence-corrected chi connectivity index (χ3v) is 5.57. The number of furan rings is 1. The van der Waals surface area contributed by atoms with Crippen molar-refractivity contribution >= 4 is 10.0 Å². The largest absolute Gasteiger partial charge is 0.486 e. The van der Waals surface area contributed by atoms with Crippen LogP contribution in [0, 0.1) is 0 Å². The second-order valence-electron chi connectivity index (χ2n) is 6.20. The lowest BCUT2D eigenvalue weighted by Crippen LogP contribution is -2.39. The van der Waals surface area contributed by atoms with Gasteiger partial charge in [0.2, 0.25) is 5.09 Å². The predicted molar refractivity (Wildman–Crippen MR) is 92.3 cm³/mol. The minimum Gasteiger partial charge on any atom is -0.486 e. The lowest BCUT2D eigenvalue weighted by Gasteiger charge is -2.29. The molecule has 25 heavy (non-hydrogen) atoms. The van der Waals surface area contributed by atoms with E-state index >= 15 is 0 Å². The molecule has 2 heterocycles. The quantitative estimate of drug-likeness (QED) is 0.776. The van der Waals surface area contributed by atoms with Gasteiger partial charge in [-0.2, -0.15) is 0 Å². The normalized spacial score (nSPS) is 17.2. The molecule has 136 valence electrons. The molecule has 0 fully saturated rings. The van der Waals surface area contributed by atoms with Crippen LogP contribution in [0.5, 0.6) is 11.5 Å². The van der Waals surface area contributed by atoms with E-state index in [-0.39, 0.29) is 11.2 Å². The molecule has 1 aliphatic heterocycles. The van der Waals surface area contributed by atoms with Gasteiger partial charge in [0.1, 0.15) is 18.5 Å². The van der Waals surface area contributed by atoms with E-state index in [1.165, 1.54) is 20.2 Å². The van der Waals surface area contributed by atoms with Gasteiger partial charge < -0.3 is 13.9 Å². The molecule has 1 aromatic heterocycles. The summed E-state index contributed by atoms with van der Waals surface area (Å²) >= 11 is 0. The molecular weight excluding hydrogens is 344 g/mol. The van der Waals surface area contributed by atoms with Crippen molar-refractivity contribution < 1.29 is 22.3 Å². The van der Waals surface area contributed by atoms with Gasteiger partial charge in [-0.05, 0) is 31.3 Å². The van der Waals surface area contributed by atoms with Crippen LogP contribution in [0.2, 0.25) is 0 Å². The molecule has 0 aliphatic carbocycles. The van der Waals surface area contributed by atoms with Crippen LogP contribution in [-0.4, -0.2) is 58.0 Å². The maximum Gasteiger partial charge on any atom is 0.275 e. The fourth-order valence-electron chi connectivity index (χ4n) is 2.59. The first-order chi connectivity index (χ1) is 11.9. The molecule has 0 saturated heterocycles. The molecule has 3 rings (SSSR count). The second-order valence-corrected chi connectivity index (χ2v) is 8.29. The monoisotopic (exact) mass is 366 g/mol. The highest BCUT2D eigenvalue weighted by molar-refractivity contribution is 7.88. The summed E-state index contributed by atoms with van der Waals surface area (Å²) in [7, 11) is 1.32. The number of sulfonamides is 1. The Hall–Kier alpha value is -2.03. The number of benzene rings is 1. The van der Waals surface area contributed by atoms with Crippen LogP contribution < -0.4 is 9.47 Å². The maximum atomic E-state index is 12.0. The van der Waals surface area contributed by atoms with Crippen molar-refractivity contribution in [3.63, 3.8) is 0 Å². The summed E-state index contributed by atoms with van der Waals surface area (Å²) in [4.78, 5) is 2.01. The van der Waals surface area contributed by atoms with E-state index < -0.39 is 10.0 Å². The van der Waals surface area contributed by atoms with E-state index in [4.69, 9.17) is 13.9 Å². The van der Waals surface area contributed by atoms with Gasteiger partial charge in [-0.25, -0.2) is 12.7 Å². The molecule has 0 spiro atoms. The number of fused-ring (bicyclic) bond motifs is 1. The number of nitrogens with zero attached hydrogens (tertiary/aromatic N) is 2. The van der Waals surface area contributed by atoms with Gasteiger partial charge in [0.25, 0.3) is 10.0 Å². The molecule has 1 unspecified atom stereocenters. The van der Waals surface area contributed by atoms with Crippen LogP contribution in [0.15, 0.2) is 45.9 Å². The third-order valence-electron chi connectivity index (χ3n) is 3.88. The van der Waals surface area contributed by atoms with E-state index in [1.54, 1.807) is 6.07 Å². The molecule has 7 nitrogen and oxygen atoms in total. The minimum atomic E-state index is -3.55. The van der Waals surface area contributed by atoms with Crippen molar-refractivity contribution in [2.45, 2.75) is 17.7 Å². The Morgan fingerprint density at radius 2 is 1.80 bits per heavy atom. The Balaban J connectivity index is 1.59. The number of ether oxygens (including phenoxy) is 2. The van der Waals surface area contributed by atoms with E-state index in [9.17, 15) is 8.42 Å². The molecule has 2 aromatic rings. The zero-order valence-electron chi connectivity index (χ0n) is 14.5. The number of para-hydroxylation sites is 2. The second kappa shape index (κ2) is 7.07. The number of likely N-dealkylation sites (N-methyl/N-ethyl adjacent to an activating group) is 1. The lowest BCUT2D eigenvalue weighted by atomic mass is 10.2. The van der Waals surface area contributed by atoms with Crippen LogP contribution in [0.1, 0.15) is 5.76 Å². The first-order valence-corrected chi connectivity index (χ1v) is 9.38. The van der Waals surface area contributed by atoms with Crippen LogP contribution in [0.25, 0.3) is 0 Å². The van der Waals surface area contributed by atoms with Crippen LogP contribution in [0.3, 0.4) is 0 Å². The van der Waals surface area contributed by atoms with Crippen molar-refractivity contribution in [3.8, 4) is 11.5 Å². The molecule has 1 aliphatic rings. The predicted octanol–water partition coefficient (Wildman–Crippen LogP) is 1.80. The maximum absolute atomic E-state index is 12.0. The lowest BCUT2D eigenvalue weighted by molar-refractivity contribution is 0.0620. The highest BCUT2D eigenvalue weighted by atomic mass is 32.2. The van der Waals surface area contributed by atoms with E-state index in [0.717, 1.165) is 15.8 Å². The smallest absolute Gasteiger partial charge is 0.275 e. The molecule has 0 bridgehead atoms. The fourth-order valence-corrected chi connectivity index (χ4v) is 3.41. The average molecular weight is 366 g/mol. The fraction of sp³-hybridized carbons (Fsp3) is 0.412. The van der Waals surface area contributed by atoms with Crippen LogP contribution in [-0.2, 0) is 16.6 Å². The van der Waals surface area contributed by atoms with Crippen molar-refractivity contribution in [1.82, 2.24) is 9.21 Å². The van der Waals surface area contributed by atoms with Gasteiger partial charge in [0.15, 0.2) is 11.5 Å². The highest BCUT2D eigenvalue weighted by Crippen LogP contribution is 2.31. The zero-order valence-corrected chi connectivity index (χ0v) is 15.3. The molecule has 0 radical (unpaired) electrons. The number of hydrogen-bond acceptors (Lipinski definition) is 6. The molecule has 1 atom stereocenters. The van der Waals surface area contributed by atoms with Gasteiger partial charge >= 0.3 is 0 Å². The molecule has 0 saturated carbocycles. The molecule has 1 aromatic carbocycles. The van der Waals surface area contributed by atoms with Crippen molar-refractivity contribution in [2.24, 2.45) is 0 Å². The number of hydrogen-bond donors (Lipinski definition) is 0. The molecule has 0 N–H and O–H groups in total. The Labute approximate surface area is 147 Å². The van der Waals surface area contributed by atoms with E-state index in [0.29, 0.717) is 25.5 Å². The summed E-state index contributed by atoms with van der Waals surface area (Å²) < 4.78 is 42.3. The highest BCUT2D eigenvalue weighted by Gasteiger charge is 2.24. The first-order valence-electron chi connectivity index (χ1n) is 7.94. The van der Waals surface area contributed by atoms with Gasteiger partial charge in [-0.3, -0.25) is 4.90 Å². The number of rotatable bonds is 6. The van der Waals surface area contributed by atoms with E-state index in [1.807, 2.05) is 36.2 Å². The Kier molecular flexibility index (Phi) is 5.03. The van der Waals surface area contributed by atoms with Gasteiger partial charge in [0, 0.05) is 20.6 Å². The van der Waals surface area contributed by atoms with Crippen molar-refractivity contribution in [3.05, 3.63) is 42.2 Å². The summed E-state index contributed by atoms with van der Waals surface area (Å²) in [6.45, 7) is 1.58. The van der Waals surface area contributed by atoms with Crippen LogP contribution >= 0.6 is 0 Å². The Bertz CT molecular complexity index is 831. The minimum absolute atomic E-state index is 0.0490. The molecule has 0 amide bonds. The van der Waals surface area contributed by atoms with Crippen molar-refractivity contribution in [1.29, 1.82) is 0 Å². The summed E-state index contributed by atoms with van der Waals surface area (Å²) in [6.07, 6.45) is -0.0974. The Morgan fingerprint density at radius 1 is 1.08 bits per heavy atom. The van der Waals surface area contributed by atoms with Crippen LogP contribution in [0.4, 0.5) is 0 Å². The standard InChI is InChI=1S/C17H22N2O5S/c1-18(2)25(20,21)17-9-8-13(24-17)10-19(3)11-14-12-22-15-6-4-5-7-16(15)23-14/h4-9,14H,10-12H2,1-3H3. The summed E-state index contributed by atoms with van der Waals surface area (Å²) in [6, 6.07) is 10.7. The Morgan fingerprint density at radius 3 is 2.52 bits per heavy atom.